The summed E-state index contributed by atoms with van der Waals surface area (Å²) in [5.74, 6) is 0.866. The molecule has 1 aliphatic rings. The van der Waals surface area contributed by atoms with Gasteiger partial charge in [0.25, 0.3) is 0 Å². The van der Waals surface area contributed by atoms with E-state index in [0.29, 0.717) is 13.1 Å². The van der Waals surface area contributed by atoms with Crippen LogP contribution in [0.4, 0.5) is 0 Å². The molecule has 130 valence electrons. The molecule has 0 radical (unpaired) electrons. The number of amides is 1. The Kier molecular flexibility index (Phi) is 12.5. The van der Waals surface area contributed by atoms with Crippen molar-refractivity contribution in [3.63, 3.8) is 0 Å². The van der Waals surface area contributed by atoms with Gasteiger partial charge in [0.05, 0.1) is 13.2 Å². The van der Waals surface area contributed by atoms with E-state index in [1.54, 1.807) is 7.05 Å². The Hall–Kier alpha value is -0.610. The Morgan fingerprint density at radius 1 is 1.14 bits per heavy atom. The predicted octanol–water partition coefficient (Wildman–Crippen LogP) is -0.126. The number of carbonyl (C=O) groups is 1. The van der Waals surface area contributed by atoms with Gasteiger partial charge in [0.1, 0.15) is 0 Å². The summed E-state index contributed by atoms with van der Waals surface area (Å²) < 4.78 is 5.32. The number of ether oxygens (including phenoxy) is 1. The highest BCUT2D eigenvalue weighted by molar-refractivity contribution is 14.0. The van der Waals surface area contributed by atoms with Crippen LogP contribution >= 0.6 is 24.0 Å². The highest BCUT2D eigenvalue weighted by Crippen LogP contribution is 1.94. The minimum Gasteiger partial charge on any atom is -0.379 e. The van der Waals surface area contributed by atoms with E-state index in [9.17, 15) is 4.79 Å². The predicted molar refractivity (Wildman–Crippen MR) is 99.9 cm³/mol. The number of hydrogen-bond donors (Lipinski definition) is 3. The van der Waals surface area contributed by atoms with Gasteiger partial charge in [0, 0.05) is 52.2 Å². The van der Waals surface area contributed by atoms with Gasteiger partial charge in [-0.15, -0.1) is 24.0 Å². The fourth-order valence-corrected chi connectivity index (χ4v) is 1.95. The molecule has 1 rings (SSSR count). The van der Waals surface area contributed by atoms with Crippen LogP contribution in [0.2, 0.25) is 0 Å². The highest BCUT2D eigenvalue weighted by Gasteiger charge is 2.09. The molecule has 0 aromatic carbocycles. The first-order valence-corrected chi connectivity index (χ1v) is 7.66. The zero-order valence-electron chi connectivity index (χ0n) is 13.9. The average Bonchev–Trinajstić information content (AvgIpc) is 2.50. The summed E-state index contributed by atoms with van der Waals surface area (Å²) in [6, 6.07) is 0. The largest absolute Gasteiger partial charge is 0.379 e. The maximum Gasteiger partial charge on any atom is 0.222 e. The van der Waals surface area contributed by atoms with Crippen molar-refractivity contribution in [2.75, 3.05) is 59.5 Å². The Labute approximate surface area is 150 Å². The van der Waals surface area contributed by atoms with E-state index >= 15 is 0 Å². The van der Waals surface area contributed by atoms with Crippen molar-refractivity contribution < 1.29 is 9.53 Å². The Morgan fingerprint density at radius 3 is 2.32 bits per heavy atom. The number of nitrogens with zero attached hydrogens (tertiary/aromatic N) is 2. The van der Waals surface area contributed by atoms with Gasteiger partial charge in [-0.25, -0.2) is 0 Å². The molecule has 1 saturated heterocycles. The van der Waals surface area contributed by atoms with Crippen molar-refractivity contribution in [2.45, 2.75) is 13.8 Å². The Morgan fingerprint density at radius 2 is 1.73 bits per heavy atom. The van der Waals surface area contributed by atoms with E-state index in [-0.39, 0.29) is 35.8 Å². The maximum absolute atomic E-state index is 11.4. The zero-order chi connectivity index (χ0) is 15.5. The molecule has 0 spiro atoms. The number of carbonyl (C=O) groups excluding carboxylic acids is 1. The van der Waals surface area contributed by atoms with Crippen LogP contribution in [0.5, 0.6) is 0 Å². The van der Waals surface area contributed by atoms with Crippen LogP contribution in [0.1, 0.15) is 13.8 Å². The number of morpholine rings is 1. The second-order valence-corrected chi connectivity index (χ2v) is 5.33. The number of halogens is 1. The molecule has 0 aromatic rings. The van der Waals surface area contributed by atoms with Crippen LogP contribution in [-0.4, -0.2) is 76.3 Å². The van der Waals surface area contributed by atoms with E-state index in [1.165, 1.54) is 0 Å². The summed E-state index contributed by atoms with van der Waals surface area (Å²) in [7, 11) is 1.75. The summed E-state index contributed by atoms with van der Waals surface area (Å²) in [4.78, 5) is 17.9. The molecule has 7 nitrogen and oxygen atoms in total. The van der Waals surface area contributed by atoms with Crippen LogP contribution in [0.3, 0.4) is 0 Å². The van der Waals surface area contributed by atoms with Gasteiger partial charge in [0.15, 0.2) is 5.96 Å². The van der Waals surface area contributed by atoms with Crippen LogP contribution in [0, 0.1) is 5.92 Å². The van der Waals surface area contributed by atoms with Crippen molar-refractivity contribution in [1.29, 1.82) is 0 Å². The lowest BCUT2D eigenvalue weighted by molar-refractivity contribution is -0.123. The monoisotopic (exact) mass is 427 g/mol. The maximum atomic E-state index is 11.4. The Bertz CT molecular complexity index is 333. The molecule has 1 heterocycles. The van der Waals surface area contributed by atoms with Gasteiger partial charge in [0.2, 0.25) is 5.91 Å². The van der Waals surface area contributed by atoms with Gasteiger partial charge >= 0.3 is 0 Å². The quantitative estimate of drug-likeness (QED) is 0.229. The lowest BCUT2D eigenvalue weighted by atomic mass is 10.2. The van der Waals surface area contributed by atoms with E-state index in [4.69, 9.17) is 4.74 Å². The van der Waals surface area contributed by atoms with Gasteiger partial charge in [-0.05, 0) is 0 Å². The standard InChI is InChI=1S/C14H29N5O2.HI/c1-12(2)13(20)16-4-5-17-14(15-3)18-6-7-19-8-10-21-11-9-19;/h12H,4-11H2,1-3H3,(H,16,20)(H2,15,17,18);1H. The SMILES string of the molecule is CN=C(NCCNC(=O)C(C)C)NCCN1CCOCC1.I. The third-order valence-electron chi connectivity index (χ3n) is 3.29. The topological polar surface area (TPSA) is 78.0 Å². The third kappa shape index (κ3) is 9.42. The van der Waals surface area contributed by atoms with Crippen molar-refractivity contribution in [2.24, 2.45) is 10.9 Å². The molecule has 0 bridgehead atoms. The fourth-order valence-electron chi connectivity index (χ4n) is 1.95. The molecule has 3 N–H and O–H groups in total. The zero-order valence-corrected chi connectivity index (χ0v) is 16.2. The van der Waals surface area contributed by atoms with Crippen LogP contribution in [0.15, 0.2) is 4.99 Å². The molecule has 0 aromatic heterocycles. The van der Waals surface area contributed by atoms with Crippen LogP contribution in [-0.2, 0) is 9.53 Å². The number of rotatable bonds is 7. The molecule has 22 heavy (non-hydrogen) atoms. The normalized spacial score (nSPS) is 16.1. The smallest absolute Gasteiger partial charge is 0.222 e. The van der Waals surface area contributed by atoms with E-state index in [2.05, 4.69) is 25.8 Å². The summed E-state index contributed by atoms with van der Waals surface area (Å²) in [5.41, 5.74) is 0. The van der Waals surface area contributed by atoms with E-state index < -0.39 is 0 Å². The minimum atomic E-state index is 0. The van der Waals surface area contributed by atoms with Crippen molar-refractivity contribution in [3.8, 4) is 0 Å². The molecule has 0 atom stereocenters. The lowest BCUT2D eigenvalue weighted by Gasteiger charge is -2.26. The number of nitrogens with one attached hydrogen (secondary N) is 3. The van der Waals surface area contributed by atoms with Crippen molar-refractivity contribution in [3.05, 3.63) is 0 Å². The molecular weight excluding hydrogens is 397 g/mol. The molecule has 8 heteroatoms. The summed E-state index contributed by atoms with van der Waals surface area (Å²) in [5, 5.41) is 9.32. The average molecular weight is 427 g/mol. The molecule has 0 saturated carbocycles. The second-order valence-electron chi connectivity index (χ2n) is 5.33. The minimum absolute atomic E-state index is 0. The van der Waals surface area contributed by atoms with Gasteiger partial charge in [-0.2, -0.15) is 0 Å². The third-order valence-corrected chi connectivity index (χ3v) is 3.29. The number of hydrogen-bond acceptors (Lipinski definition) is 4. The van der Waals surface area contributed by atoms with Crippen molar-refractivity contribution >= 4 is 35.8 Å². The molecule has 1 amide bonds. The first-order valence-electron chi connectivity index (χ1n) is 7.66. The van der Waals surface area contributed by atoms with Crippen LogP contribution in [0.25, 0.3) is 0 Å². The molecule has 1 aliphatic heterocycles. The number of aliphatic imine (C=N–C) groups is 1. The van der Waals surface area contributed by atoms with E-state index in [1.807, 2.05) is 13.8 Å². The van der Waals surface area contributed by atoms with Gasteiger partial charge < -0.3 is 20.7 Å². The summed E-state index contributed by atoms with van der Waals surface area (Å²) in [6.45, 7) is 10.5. The fraction of sp³-hybridized carbons (Fsp3) is 0.857. The highest BCUT2D eigenvalue weighted by atomic mass is 127. The van der Waals surface area contributed by atoms with Gasteiger partial charge in [-0.1, -0.05) is 13.8 Å². The molecule has 0 aliphatic carbocycles. The molecular formula is C14H30IN5O2. The van der Waals surface area contributed by atoms with E-state index in [0.717, 1.165) is 45.4 Å². The first-order chi connectivity index (χ1) is 10.1. The number of guanidine groups is 1. The Balaban J connectivity index is 0.00000441. The van der Waals surface area contributed by atoms with Gasteiger partial charge in [-0.3, -0.25) is 14.7 Å². The van der Waals surface area contributed by atoms with Crippen LogP contribution < -0.4 is 16.0 Å². The second kappa shape index (κ2) is 12.9. The summed E-state index contributed by atoms with van der Waals surface area (Å²) in [6.07, 6.45) is 0. The summed E-state index contributed by atoms with van der Waals surface area (Å²) >= 11 is 0. The molecule has 0 unspecified atom stereocenters. The van der Waals surface area contributed by atoms with Crippen molar-refractivity contribution in [1.82, 2.24) is 20.9 Å². The lowest BCUT2D eigenvalue weighted by Crippen LogP contribution is -2.46. The first kappa shape index (κ1) is 21.4. The molecule has 1 fully saturated rings.